The number of carbonyl (C=O) groups is 1. The second-order valence-electron chi connectivity index (χ2n) is 5.19. The molecule has 94 valence electrons. The third kappa shape index (κ3) is 2.74. The van der Waals surface area contributed by atoms with Gasteiger partial charge in [-0.25, -0.2) is 0 Å². The molecule has 0 spiro atoms. The highest BCUT2D eigenvalue weighted by Gasteiger charge is 2.37. The van der Waals surface area contributed by atoms with Crippen LogP contribution in [0.4, 0.5) is 0 Å². The van der Waals surface area contributed by atoms with Crippen LogP contribution in [0.5, 0.6) is 0 Å². The monoisotopic (exact) mass is 228 g/mol. The molecular formula is C12H24N2O2. The van der Waals surface area contributed by atoms with Crippen LogP contribution in [0.2, 0.25) is 0 Å². The van der Waals surface area contributed by atoms with E-state index in [4.69, 9.17) is 0 Å². The summed E-state index contributed by atoms with van der Waals surface area (Å²) >= 11 is 0. The summed E-state index contributed by atoms with van der Waals surface area (Å²) in [6, 6.07) is 0.964. The van der Waals surface area contributed by atoms with E-state index in [1.54, 1.807) is 14.0 Å². The molecule has 3 atom stereocenters. The summed E-state index contributed by atoms with van der Waals surface area (Å²) in [7, 11) is 1.72. The number of likely N-dealkylation sites (tertiary alicyclic amines) is 1. The topological polar surface area (TPSA) is 52.6 Å². The Bertz CT molecular complexity index is 247. The number of hydrogen-bond donors (Lipinski definition) is 2. The van der Waals surface area contributed by atoms with Gasteiger partial charge in [0.05, 0.1) is 0 Å². The number of nitrogens with one attached hydrogen (secondary N) is 1. The lowest BCUT2D eigenvalue weighted by atomic mass is 9.93. The van der Waals surface area contributed by atoms with E-state index in [1.807, 2.05) is 0 Å². The van der Waals surface area contributed by atoms with Crippen molar-refractivity contribution >= 4 is 5.97 Å². The summed E-state index contributed by atoms with van der Waals surface area (Å²) in [5.74, 6) is -0.778. The molecule has 16 heavy (non-hydrogen) atoms. The fourth-order valence-corrected chi connectivity index (χ4v) is 2.41. The van der Waals surface area contributed by atoms with E-state index in [-0.39, 0.29) is 0 Å². The SMILES string of the molecule is CNC(C)(CN1[C@H](C)CCC[C@@H]1C)C(=O)O. The van der Waals surface area contributed by atoms with E-state index in [1.165, 1.54) is 19.3 Å². The van der Waals surface area contributed by atoms with Crippen molar-refractivity contribution in [2.45, 2.75) is 57.7 Å². The molecular weight excluding hydrogens is 204 g/mol. The average molecular weight is 228 g/mol. The first kappa shape index (κ1) is 13.5. The van der Waals surface area contributed by atoms with Gasteiger partial charge in [0.1, 0.15) is 5.54 Å². The largest absolute Gasteiger partial charge is 0.480 e. The van der Waals surface area contributed by atoms with Crippen LogP contribution < -0.4 is 5.32 Å². The minimum absolute atomic E-state index is 0.482. The van der Waals surface area contributed by atoms with E-state index in [2.05, 4.69) is 24.1 Å². The van der Waals surface area contributed by atoms with Crippen LogP contribution in [0.1, 0.15) is 40.0 Å². The first-order valence-corrected chi connectivity index (χ1v) is 6.09. The Morgan fingerprint density at radius 2 is 1.94 bits per heavy atom. The molecule has 0 aromatic rings. The van der Waals surface area contributed by atoms with Gasteiger partial charge in [-0.1, -0.05) is 6.42 Å². The van der Waals surface area contributed by atoms with Crippen LogP contribution >= 0.6 is 0 Å². The lowest BCUT2D eigenvalue weighted by Gasteiger charge is -2.42. The lowest BCUT2D eigenvalue weighted by molar-refractivity contribution is -0.145. The number of likely N-dealkylation sites (N-methyl/N-ethyl adjacent to an activating group) is 1. The maximum Gasteiger partial charge on any atom is 0.324 e. The molecule has 0 bridgehead atoms. The third-order valence-corrected chi connectivity index (χ3v) is 3.90. The van der Waals surface area contributed by atoms with Crippen molar-refractivity contribution in [3.63, 3.8) is 0 Å². The highest BCUT2D eigenvalue weighted by Crippen LogP contribution is 2.24. The molecule has 0 radical (unpaired) electrons. The Labute approximate surface area is 98.0 Å². The number of aliphatic carboxylic acids is 1. The van der Waals surface area contributed by atoms with Crippen molar-refractivity contribution < 1.29 is 9.90 Å². The first-order valence-electron chi connectivity index (χ1n) is 6.09. The van der Waals surface area contributed by atoms with E-state index >= 15 is 0 Å². The van der Waals surface area contributed by atoms with Crippen LogP contribution in [0, 0.1) is 0 Å². The minimum Gasteiger partial charge on any atom is -0.480 e. The zero-order chi connectivity index (χ0) is 12.3. The minimum atomic E-state index is -0.847. The molecule has 2 N–H and O–H groups in total. The normalized spacial score (nSPS) is 31.0. The number of hydrogen-bond acceptors (Lipinski definition) is 3. The summed E-state index contributed by atoms with van der Waals surface area (Å²) < 4.78 is 0. The fourth-order valence-electron chi connectivity index (χ4n) is 2.41. The maximum atomic E-state index is 11.3. The van der Waals surface area contributed by atoms with E-state index in [0.717, 1.165) is 0 Å². The molecule has 0 aliphatic carbocycles. The fraction of sp³-hybridized carbons (Fsp3) is 0.917. The van der Waals surface area contributed by atoms with Gasteiger partial charge in [0.2, 0.25) is 0 Å². The van der Waals surface area contributed by atoms with Gasteiger partial charge in [0.25, 0.3) is 0 Å². The summed E-state index contributed by atoms with van der Waals surface area (Å²) in [6.07, 6.45) is 3.59. The van der Waals surface area contributed by atoms with Crippen LogP contribution in [0.3, 0.4) is 0 Å². The van der Waals surface area contributed by atoms with Crippen LogP contribution in [0.25, 0.3) is 0 Å². The van der Waals surface area contributed by atoms with Gasteiger partial charge in [-0.05, 0) is 40.7 Å². The van der Waals surface area contributed by atoms with Crippen LogP contribution in [-0.2, 0) is 4.79 Å². The van der Waals surface area contributed by atoms with E-state index in [0.29, 0.717) is 18.6 Å². The molecule has 1 unspecified atom stereocenters. The number of piperidine rings is 1. The molecule has 0 aromatic carbocycles. The smallest absolute Gasteiger partial charge is 0.324 e. The Morgan fingerprint density at radius 1 is 1.44 bits per heavy atom. The van der Waals surface area contributed by atoms with Crippen molar-refractivity contribution in [2.75, 3.05) is 13.6 Å². The summed E-state index contributed by atoms with van der Waals surface area (Å²) in [4.78, 5) is 13.6. The van der Waals surface area contributed by atoms with Gasteiger partial charge in [-0.3, -0.25) is 9.69 Å². The van der Waals surface area contributed by atoms with Crippen molar-refractivity contribution in [1.29, 1.82) is 0 Å². The van der Waals surface area contributed by atoms with Gasteiger partial charge in [0, 0.05) is 18.6 Å². The Morgan fingerprint density at radius 3 is 2.31 bits per heavy atom. The van der Waals surface area contributed by atoms with Gasteiger partial charge in [0.15, 0.2) is 0 Å². The number of carboxylic acids is 1. The summed E-state index contributed by atoms with van der Waals surface area (Å²) in [5, 5.41) is 12.2. The van der Waals surface area contributed by atoms with Crippen LogP contribution in [-0.4, -0.2) is 47.2 Å². The van der Waals surface area contributed by atoms with Crippen molar-refractivity contribution in [1.82, 2.24) is 10.2 Å². The third-order valence-electron chi connectivity index (χ3n) is 3.90. The zero-order valence-electron chi connectivity index (χ0n) is 10.8. The van der Waals surface area contributed by atoms with Gasteiger partial charge in [-0.15, -0.1) is 0 Å². The van der Waals surface area contributed by atoms with Crippen molar-refractivity contribution in [2.24, 2.45) is 0 Å². The van der Waals surface area contributed by atoms with Crippen molar-refractivity contribution in [3.05, 3.63) is 0 Å². The highest BCUT2D eigenvalue weighted by atomic mass is 16.4. The lowest BCUT2D eigenvalue weighted by Crippen LogP contribution is -2.59. The number of nitrogens with zero attached hydrogens (tertiary/aromatic N) is 1. The molecule has 1 fully saturated rings. The molecule has 0 amide bonds. The average Bonchev–Trinajstić information content (AvgIpc) is 2.23. The Kier molecular flexibility index (Phi) is 4.33. The van der Waals surface area contributed by atoms with E-state index < -0.39 is 11.5 Å². The molecule has 1 saturated heterocycles. The molecule has 1 rings (SSSR count). The summed E-state index contributed by atoms with van der Waals surface area (Å²) in [6.45, 7) is 6.70. The molecule has 4 heteroatoms. The first-order chi connectivity index (χ1) is 7.40. The molecule has 0 aromatic heterocycles. The predicted molar refractivity (Wildman–Crippen MR) is 64.6 cm³/mol. The molecule has 0 saturated carbocycles. The van der Waals surface area contributed by atoms with Gasteiger partial charge < -0.3 is 10.4 Å². The Balaban J connectivity index is 2.73. The maximum absolute atomic E-state index is 11.3. The summed E-state index contributed by atoms with van der Waals surface area (Å²) in [5.41, 5.74) is -0.847. The van der Waals surface area contributed by atoms with Crippen molar-refractivity contribution in [3.8, 4) is 0 Å². The number of rotatable bonds is 4. The molecule has 1 aliphatic rings. The highest BCUT2D eigenvalue weighted by molar-refractivity contribution is 5.78. The standard InChI is InChI=1S/C12H24N2O2/c1-9-6-5-7-10(2)14(9)8-12(3,13-4)11(15)16/h9-10,13H,5-8H2,1-4H3,(H,15,16)/t9-,10+,12?. The quantitative estimate of drug-likeness (QED) is 0.762. The second-order valence-corrected chi connectivity index (χ2v) is 5.19. The van der Waals surface area contributed by atoms with Crippen LogP contribution in [0.15, 0.2) is 0 Å². The molecule has 4 nitrogen and oxygen atoms in total. The molecule has 1 aliphatic heterocycles. The predicted octanol–water partition coefficient (Wildman–Crippen LogP) is 1.31. The van der Waals surface area contributed by atoms with Gasteiger partial charge >= 0.3 is 5.97 Å². The molecule has 1 heterocycles. The van der Waals surface area contributed by atoms with E-state index in [9.17, 15) is 9.90 Å². The van der Waals surface area contributed by atoms with Gasteiger partial charge in [-0.2, -0.15) is 0 Å². The zero-order valence-corrected chi connectivity index (χ0v) is 10.8. The number of carboxylic acid groups (broad SMARTS) is 1. The second kappa shape index (κ2) is 5.15. The Hall–Kier alpha value is -0.610.